The van der Waals surface area contributed by atoms with E-state index in [2.05, 4.69) is 25.6 Å². The Hall–Kier alpha value is -2.96. The van der Waals surface area contributed by atoms with E-state index in [1.807, 2.05) is 25.4 Å². The molecule has 0 bridgehead atoms. The summed E-state index contributed by atoms with van der Waals surface area (Å²) >= 11 is 0. The quantitative estimate of drug-likeness (QED) is 0.766. The number of rotatable bonds is 4. The number of anilines is 1. The smallest absolute Gasteiger partial charge is 0.258 e. The van der Waals surface area contributed by atoms with Gasteiger partial charge in [0, 0.05) is 54.4 Å². The number of aromatic amines is 1. The summed E-state index contributed by atoms with van der Waals surface area (Å²) in [7, 11) is 1.85. The molecule has 0 radical (unpaired) electrons. The molecule has 2 N–H and O–H groups in total. The van der Waals surface area contributed by atoms with Crippen molar-refractivity contribution in [1.82, 2.24) is 25.0 Å². The van der Waals surface area contributed by atoms with Gasteiger partial charge in [0.1, 0.15) is 0 Å². The molecule has 3 aromatic rings. The Morgan fingerprint density at radius 3 is 2.80 bits per heavy atom. The molecule has 1 fully saturated rings. The van der Waals surface area contributed by atoms with Crippen molar-refractivity contribution in [1.29, 1.82) is 0 Å². The van der Waals surface area contributed by atoms with E-state index in [1.165, 1.54) is 25.7 Å². The summed E-state index contributed by atoms with van der Waals surface area (Å²) in [4.78, 5) is 16.7. The van der Waals surface area contributed by atoms with Gasteiger partial charge in [0.25, 0.3) is 5.91 Å². The van der Waals surface area contributed by atoms with Gasteiger partial charge in [0.2, 0.25) is 0 Å². The molecule has 0 saturated heterocycles. The summed E-state index contributed by atoms with van der Waals surface area (Å²) in [6, 6.07) is 3.75. The Labute approximate surface area is 145 Å². The van der Waals surface area contributed by atoms with Crippen LogP contribution in [0.2, 0.25) is 0 Å². The van der Waals surface area contributed by atoms with Gasteiger partial charge in [-0.25, -0.2) is 0 Å². The number of nitrogens with one attached hydrogen (secondary N) is 2. The largest absolute Gasteiger partial charge is 0.305 e. The van der Waals surface area contributed by atoms with Gasteiger partial charge in [0.05, 0.1) is 11.8 Å². The van der Waals surface area contributed by atoms with Crippen molar-refractivity contribution in [3.8, 4) is 11.1 Å². The summed E-state index contributed by atoms with van der Waals surface area (Å²) in [5, 5.41) is 14.3. The second kappa shape index (κ2) is 6.51. The van der Waals surface area contributed by atoms with Crippen LogP contribution in [0.15, 0.2) is 36.9 Å². The van der Waals surface area contributed by atoms with Gasteiger partial charge in [-0.3, -0.25) is 19.6 Å². The normalized spacial score (nSPS) is 14.8. The maximum Gasteiger partial charge on any atom is 0.258 e. The minimum Gasteiger partial charge on any atom is -0.305 e. The monoisotopic (exact) mass is 336 g/mol. The average Bonchev–Trinajstić information content (AvgIpc) is 3.36. The highest BCUT2D eigenvalue weighted by Gasteiger charge is 2.20. The molecule has 0 atom stereocenters. The number of pyridine rings is 1. The first kappa shape index (κ1) is 15.6. The molecule has 128 valence electrons. The Kier molecular flexibility index (Phi) is 4.05. The fourth-order valence-corrected chi connectivity index (χ4v) is 3.33. The Balaban J connectivity index is 1.49. The van der Waals surface area contributed by atoms with Gasteiger partial charge in [-0.2, -0.15) is 10.2 Å². The molecule has 25 heavy (non-hydrogen) atoms. The summed E-state index contributed by atoms with van der Waals surface area (Å²) in [6.07, 6.45) is 11.8. The molecule has 3 aromatic heterocycles. The number of carbonyl (C=O) groups is 1. The highest BCUT2D eigenvalue weighted by Crippen LogP contribution is 2.33. The van der Waals surface area contributed by atoms with Crippen LogP contribution in [0.4, 0.5) is 5.82 Å². The number of amides is 1. The zero-order chi connectivity index (χ0) is 17.2. The lowest BCUT2D eigenvalue weighted by Gasteiger charge is -2.04. The molecule has 0 aromatic carbocycles. The lowest BCUT2D eigenvalue weighted by atomic mass is 10.0. The van der Waals surface area contributed by atoms with Crippen LogP contribution in [0.5, 0.6) is 0 Å². The molecule has 3 heterocycles. The number of carbonyl (C=O) groups excluding carboxylic acids is 1. The fourth-order valence-electron chi connectivity index (χ4n) is 3.33. The molecule has 4 rings (SSSR count). The van der Waals surface area contributed by atoms with E-state index in [1.54, 1.807) is 23.3 Å². The van der Waals surface area contributed by atoms with Gasteiger partial charge < -0.3 is 5.32 Å². The lowest BCUT2D eigenvalue weighted by Crippen LogP contribution is -2.12. The second-order valence-electron chi connectivity index (χ2n) is 6.51. The highest BCUT2D eigenvalue weighted by atomic mass is 16.1. The first-order valence-electron chi connectivity index (χ1n) is 8.50. The third-order valence-electron chi connectivity index (χ3n) is 4.67. The number of hydrogen-bond acceptors (Lipinski definition) is 4. The number of hydrogen-bond donors (Lipinski definition) is 2. The van der Waals surface area contributed by atoms with Crippen LogP contribution in [0, 0.1) is 0 Å². The van der Waals surface area contributed by atoms with Crippen LogP contribution in [0.25, 0.3) is 11.1 Å². The van der Waals surface area contributed by atoms with E-state index in [4.69, 9.17) is 0 Å². The summed E-state index contributed by atoms with van der Waals surface area (Å²) in [6.45, 7) is 0. The van der Waals surface area contributed by atoms with Crippen LogP contribution in [-0.2, 0) is 7.05 Å². The lowest BCUT2D eigenvalue weighted by molar-refractivity contribution is 0.102. The Morgan fingerprint density at radius 1 is 1.20 bits per heavy atom. The first-order valence-corrected chi connectivity index (χ1v) is 8.50. The van der Waals surface area contributed by atoms with Gasteiger partial charge in [-0.1, -0.05) is 12.8 Å². The van der Waals surface area contributed by atoms with E-state index < -0.39 is 0 Å². The van der Waals surface area contributed by atoms with Crippen molar-refractivity contribution in [2.75, 3.05) is 5.32 Å². The maximum absolute atomic E-state index is 12.5. The molecule has 1 amide bonds. The van der Waals surface area contributed by atoms with Gasteiger partial charge in [-0.15, -0.1) is 0 Å². The number of nitrogens with zero attached hydrogens (tertiary/aromatic N) is 4. The molecule has 7 heteroatoms. The molecule has 1 aliphatic carbocycles. The average molecular weight is 336 g/mol. The van der Waals surface area contributed by atoms with Gasteiger partial charge >= 0.3 is 0 Å². The van der Waals surface area contributed by atoms with Crippen molar-refractivity contribution in [2.45, 2.75) is 31.6 Å². The molecule has 0 aliphatic heterocycles. The summed E-state index contributed by atoms with van der Waals surface area (Å²) in [5.41, 5.74) is 3.38. The first-order chi connectivity index (χ1) is 12.2. The van der Waals surface area contributed by atoms with Crippen LogP contribution in [0.3, 0.4) is 0 Å². The van der Waals surface area contributed by atoms with Crippen molar-refractivity contribution in [3.63, 3.8) is 0 Å². The molecular weight excluding hydrogens is 316 g/mol. The van der Waals surface area contributed by atoms with Crippen LogP contribution in [-0.4, -0.2) is 30.9 Å². The zero-order valence-electron chi connectivity index (χ0n) is 14.1. The zero-order valence-corrected chi connectivity index (χ0v) is 14.1. The van der Waals surface area contributed by atoms with E-state index >= 15 is 0 Å². The van der Waals surface area contributed by atoms with Gasteiger partial charge in [-0.05, 0) is 18.9 Å². The summed E-state index contributed by atoms with van der Waals surface area (Å²) in [5.74, 6) is 0.870. The van der Waals surface area contributed by atoms with Crippen LogP contribution < -0.4 is 5.32 Å². The number of aromatic nitrogens is 5. The number of aryl methyl sites for hydroxylation is 1. The molecular formula is C18H20N6O. The molecule has 7 nitrogen and oxygen atoms in total. The predicted octanol–water partition coefficient (Wildman–Crippen LogP) is 3.12. The molecule has 0 spiro atoms. The second-order valence-corrected chi connectivity index (χ2v) is 6.51. The topological polar surface area (TPSA) is 88.5 Å². The van der Waals surface area contributed by atoms with E-state index in [-0.39, 0.29) is 5.91 Å². The predicted molar refractivity (Wildman–Crippen MR) is 94.2 cm³/mol. The van der Waals surface area contributed by atoms with Crippen molar-refractivity contribution in [2.24, 2.45) is 7.05 Å². The standard InChI is InChI=1S/C18H20N6O/c1-24-11-15(10-20-24)13-6-14(9-19-8-13)18(25)21-17-7-16(22-23-17)12-4-2-3-5-12/h6-12H,2-5H2,1H3,(H2,21,22,23,25). The van der Waals surface area contributed by atoms with Gasteiger partial charge in [0.15, 0.2) is 5.82 Å². The minimum absolute atomic E-state index is 0.220. The molecule has 0 unspecified atom stereocenters. The van der Waals surface area contributed by atoms with E-state index in [0.717, 1.165) is 16.8 Å². The van der Waals surface area contributed by atoms with Crippen LogP contribution >= 0.6 is 0 Å². The fraction of sp³-hybridized carbons (Fsp3) is 0.333. The highest BCUT2D eigenvalue weighted by molar-refractivity contribution is 6.04. The third kappa shape index (κ3) is 3.31. The van der Waals surface area contributed by atoms with Crippen molar-refractivity contribution < 1.29 is 4.79 Å². The Bertz CT molecular complexity index is 890. The van der Waals surface area contributed by atoms with E-state index in [0.29, 0.717) is 17.3 Å². The van der Waals surface area contributed by atoms with Crippen molar-refractivity contribution in [3.05, 3.63) is 48.2 Å². The number of H-pyrrole nitrogens is 1. The third-order valence-corrected chi connectivity index (χ3v) is 4.67. The van der Waals surface area contributed by atoms with E-state index in [9.17, 15) is 4.79 Å². The van der Waals surface area contributed by atoms with Crippen molar-refractivity contribution >= 4 is 11.7 Å². The maximum atomic E-state index is 12.5. The van der Waals surface area contributed by atoms with Crippen LogP contribution in [0.1, 0.15) is 47.7 Å². The SMILES string of the molecule is Cn1cc(-c2cncc(C(=O)Nc3cc(C4CCCC4)[nH]n3)c2)cn1. The summed E-state index contributed by atoms with van der Waals surface area (Å²) < 4.78 is 1.72. The molecule has 1 aliphatic rings. The Morgan fingerprint density at radius 2 is 2.04 bits per heavy atom. The molecule has 1 saturated carbocycles. The minimum atomic E-state index is -0.220.